The number of likely N-dealkylation sites (N-methyl/N-ethyl adjacent to an activating group) is 1. The van der Waals surface area contributed by atoms with Crippen molar-refractivity contribution >= 4 is 0 Å². The zero-order chi connectivity index (χ0) is 12.8. The van der Waals surface area contributed by atoms with E-state index in [0.717, 1.165) is 26.2 Å². The van der Waals surface area contributed by atoms with Gasteiger partial charge in [0.25, 0.3) is 0 Å². The summed E-state index contributed by atoms with van der Waals surface area (Å²) in [6, 6.07) is 4.74. The van der Waals surface area contributed by atoms with E-state index < -0.39 is 0 Å². The average Bonchev–Trinajstić information content (AvgIpc) is 2.44. The Morgan fingerprint density at radius 1 is 1.39 bits per heavy atom. The van der Waals surface area contributed by atoms with Crippen molar-refractivity contribution in [1.29, 1.82) is 0 Å². The quantitative estimate of drug-likeness (QED) is 0.836. The van der Waals surface area contributed by atoms with Crippen LogP contribution in [0.2, 0.25) is 0 Å². The van der Waals surface area contributed by atoms with Crippen LogP contribution in [0.1, 0.15) is 44.0 Å². The maximum atomic E-state index is 4.56. The number of nitrogens with zero attached hydrogens (tertiary/aromatic N) is 2. The number of hydrogen-bond donors (Lipinski definition) is 1. The van der Waals surface area contributed by atoms with Crippen LogP contribution in [-0.2, 0) is 6.42 Å². The molecule has 100 valence electrons. The molecule has 1 atom stereocenters. The normalized spacial score (nSPS) is 18.9. The van der Waals surface area contributed by atoms with Crippen molar-refractivity contribution in [2.75, 3.05) is 26.2 Å². The summed E-state index contributed by atoms with van der Waals surface area (Å²) in [4.78, 5) is 7.02. The first-order valence-corrected chi connectivity index (χ1v) is 7.24. The van der Waals surface area contributed by atoms with Gasteiger partial charge in [0.1, 0.15) is 0 Å². The Hall–Kier alpha value is -0.930. The number of pyridine rings is 1. The molecule has 0 bridgehead atoms. The molecule has 0 saturated carbocycles. The molecule has 0 unspecified atom stereocenters. The van der Waals surface area contributed by atoms with Crippen molar-refractivity contribution in [1.82, 2.24) is 15.2 Å². The van der Waals surface area contributed by atoms with E-state index >= 15 is 0 Å². The van der Waals surface area contributed by atoms with Gasteiger partial charge in [-0.2, -0.15) is 0 Å². The minimum Gasteiger partial charge on any atom is -0.307 e. The Labute approximate surface area is 111 Å². The van der Waals surface area contributed by atoms with Gasteiger partial charge in [-0.15, -0.1) is 0 Å². The van der Waals surface area contributed by atoms with Crippen molar-refractivity contribution in [3.8, 4) is 0 Å². The van der Waals surface area contributed by atoms with Crippen molar-refractivity contribution < 1.29 is 0 Å². The maximum absolute atomic E-state index is 4.56. The van der Waals surface area contributed by atoms with Crippen LogP contribution in [-0.4, -0.2) is 36.1 Å². The molecule has 0 spiro atoms. The zero-order valence-corrected chi connectivity index (χ0v) is 11.7. The Morgan fingerprint density at radius 3 is 3.00 bits per heavy atom. The number of fused-ring (bicyclic) bond motifs is 1. The minimum atomic E-state index is 0.463. The second-order valence-corrected chi connectivity index (χ2v) is 4.97. The number of rotatable bonds is 6. The highest BCUT2D eigenvalue weighted by atomic mass is 15.1. The molecule has 18 heavy (non-hydrogen) atoms. The Bertz CT molecular complexity index is 361. The molecule has 0 fully saturated rings. The van der Waals surface area contributed by atoms with E-state index in [4.69, 9.17) is 0 Å². The molecule has 1 aliphatic carbocycles. The number of aromatic nitrogens is 1. The smallest absolute Gasteiger partial charge is 0.0605 e. The average molecular weight is 247 g/mol. The molecular weight excluding hydrogens is 222 g/mol. The van der Waals surface area contributed by atoms with E-state index in [1.165, 1.54) is 30.5 Å². The summed E-state index contributed by atoms with van der Waals surface area (Å²) in [6.07, 6.45) is 5.62. The van der Waals surface area contributed by atoms with Gasteiger partial charge in [0.05, 0.1) is 5.69 Å². The van der Waals surface area contributed by atoms with Crippen LogP contribution in [0.4, 0.5) is 0 Å². The van der Waals surface area contributed by atoms with Crippen LogP contribution in [0, 0.1) is 0 Å². The number of nitrogens with one attached hydrogen (secondary N) is 1. The Balaban J connectivity index is 1.87. The van der Waals surface area contributed by atoms with Gasteiger partial charge in [-0.05, 0) is 44.0 Å². The molecule has 0 saturated heterocycles. The molecule has 1 heterocycles. The van der Waals surface area contributed by atoms with Crippen LogP contribution in [0.5, 0.6) is 0 Å². The lowest BCUT2D eigenvalue weighted by Crippen LogP contribution is -2.35. The van der Waals surface area contributed by atoms with Crippen molar-refractivity contribution in [2.45, 2.75) is 39.2 Å². The Kier molecular flexibility index (Phi) is 5.14. The fourth-order valence-corrected chi connectivity index (χ4v) is 2.74. The summed E-state index contributed by atoms with van der Waals surface area (Å²) >= 11 is 0. The van der Waals surface area contributed by atoms with Gasteiger partial charge in [0.2, 0.25) is 0 Å². The van der Waals surface area contributed by atoms with Crippen molar-refractivity contribution in [3.05, 3.63) is 29.6 Å². The number of aryl methyl sites for hydroxylation is 1. The summed E-state index contributed by atoms with van der Waals surface area (Å²) < 4.78 is 0. The molecule has 1 aromatic rings. The van der Waals surface area contributed by atoms with E-state index in [-0.39, 0.29) is 0 Å². The predicted molar refractivity (Wildman–Crippen MR) is 75.7 cm³/mol. The highest BCUT2D eigenvalue weighted by Gasteiger charge is 2.20. The summed E-state index contributed by atoms with van der Waals surface area (Å²) in [5.41, 5.74) is 2.72. The Morgan fingerprint density at radius 2 is 2.22 bits per heavy atom. The van der Waals surface area contributed by atoms with Gasteiger partial charge in [0.15, 0.2) is 0 Å². The lowest BCUT2D eigenvalue weighted by atomic mass is 9.92. The molecule has 0 amide bonds. The van der Waals surface area contributed by atoms with Gasteiger partial charge < -0.3 is 10.2 Å². The molecule has 0 radical (unpaired) electrons. The van der Waals surface area contributed by atoms with Gasteiger partial charge in [-0.25, -0.2) is 0 Å². The molecular formula is C15H25N3. The highest BCUT2D eigenvalue weighted by molar-refractivity contribution is 5.25. The predicted octanol–water partition coefficient (Wildman–Crippen LogP) is 2.39. The van der Waals surface area contributed by atoms with Crippen LogP contribution in [0.15, 0.2) is 18.3 Å². The molecule has 1 aliphatic rings. The fourth-order valence-electron chi connectivity index (χ4n) is 2.74. The van der Waals surface area contributed by atoms with Gasteiger partial charge in [0, 0.05) is 25.3 Å². The minimum absolute atomic E-state index is 0.463. The third-order valence-corrected chi connectivity index (χ3v) is 3.91. The summed E-state index contributed by atoms with van der Waals surface area (Å²) in [5, 5.41) is 3.67. The van der Waals surface area contributed by atoms with Gasteiger partial charge in [-0.1, -0.05) is 19.9 Å². The first kappa shape index (κ1) is 13.5. The lowest BCUT2D eigenvalue weighted by Gasteiger charge is -2.26. The standard InChI is InChI=1S/C15H25N3/c1-3-18(4-2)12-11-16-14-9-5-7-13-8-6-10-17-15(13)14/h6,8,10,14,16H,3-5,7,9,11-12H2,1-2H3/t14-/m1/s1. The topological polar surface area (TPSA) is 28.2 Å². The second kappa shape index (κ2) is 6.86. The van der Waals surface area contributed by atoms with E-state index in [2.05, 4.69) is 41.2 Å². The van der Waals surface area contributed by atoms with Gasteiger partial charge >= 0.3 is 0 Å². The largest absolute Gasteiger partial charge is 0.307 e. The van der Waals surface area contributed by atoms with Crippen LogP contribution in [0.25, 0.3) is 0 Å². The highest BCUT2D eigenvalue weighted by Crippen LogP contribution is 2.27. The van der Waals surface area contributed by atoms with Crippen LogP contribution < -0.4 is 5.32 Å². The molecule has 0 aromatic carbocycles. The van der Waals surface area contributed by atoms with E-state index in [0.29, 0.717) is 6.04 Å². The molecule has 0 aliphatic heterocycles. The summed E-state index contributed by atoms with van der Waals surface area (Å²) in [5.74, 6) is 0. The lowest BCUT2D eigenvalue weighted by molar-refractivity contribution is 0.292. The molecule has 2 rings (SSSR count). The van der Waals surface area contributed by atoms with Crippen LogP contribution in [0.3, 0.4) is 0 Å². The van der Waals surface area contributed by atoms with Crippen molar-refractivity contribution in [2.24, 2.45) is 0 Å². The maximum Gasteiger partial charge on any atom is 0.0605 e. The fraction of sp³-hybridized carbons (Fsp3) is 0.667. The summed E-state index contributed by atoms with van der Waals surface area (Å²) in [7, 11) is 0. The summed E-state index contributed by atoms with van der Waals surface area (Å²) in [6.45, 7) is 8.91. The zero-order valence-electron chi connectivity index (χ0n) is 11.7. The SMILES string of the molecule is CCN(CC)CCN[C@@H]1CCCc2cccnc21. The number of hydrogen-bond acceptors (Lipinski definition) is 3. The third-order valence-electron chi connectivity index (χ3n) is 3.91. The van der Waals surface area contributed by atoms with E-state index in [9.17, 15) is 0 Å². The van der Waals surface area contributed by atoms with Crippen LogP contribution >= 0.6 is 0 Å². The second-order valence-electron chi connectivity index (χ2n) is 4.97. The first-order valence-electron chi connectivity index (χ1n) is 7.24. The third kappa shape index (κ3) is 3.30. The molecule has 1 aromatic heterocycles. The first-order chi connectivity index (χ1) is 8.85. The van der Waals surface area contributed by atoms with E-state index in [1.54, 1.807) is 0 Å². The molecule has 3 heteroatoms. The van der Waals surface area contributed by atoms with Gasteiger partial charge in [-0.3, -0.25) is 4.98 Å². The monoisotopic (exact) mass is 247 g/mol. The molecule has 1 N–H and O–H groups in total. The van der Waals surface area contributed by atoms with Crippen molar-refractivity contribution in [3.63, 3.8) is 0 Å². The molecule has 3 nitrogen and oxygen atoms in total. The van der Waals surface area contributed by atoms with E-state index in [1.807, 2.05) is 6.20 Å².